The van der Waals surface area contributed by atoms with Gasteiger partial charge < -0.3 is 9.80 Å². The van der Waals surface area contributed by atoms with Crippen molar-refractivity contribution in [3.63, 3.8) is 0 Å². The molecule has 2 aromatic rings. The summed E-state index contributed by atoms with van der Waals surface area (Å²) in [6.07, 6.45) is 8.22. The average Bonchev–Trinajstić information content (AvgIpc) is 3.42. The minimum absolute atomic E-state index is 0.0638. The lowest BCUT2D eigenvalue weighted by Crippen LogP contribution is -2.49. The molecule has 0 bridgehead atoms. The first-order valence-corrected chi connectivity index (χ1v) is 11.4. The Morgan fingerprint density at radius 2 is 1.82 bits per heavy atom. The molecule has 3 heterocycles. The summed E-state index contributed by atoms with van der Waals surface area (Å²) in [5.74, 6) is 0.941. The molecule has 2 fully saturated rings. The van der Waals surface area contributed by atoms with E-state index in [0.29, 0.717) is 18.5 Å². The maximum absolute atomic E-state index is 13.3. The highest BCUT2D eigenvalue weighted by Crippen LogP contribution is 2.37. The summed E-state index contributed by atoms with van der Waals surface area (Å²) >= 11 is 1.48. The van der Waals surface area contributed by atoms with Crippen LogP contribution < -0.4 is 4.90 Å². The molecule has 0 spiro atoms. The fourth-order valence-corrected chi connectivity index (χ4v) is 5.99. The summed E-state index contributed by atoms with van der Waals surface area (Å²) in [5, 5.41) is 1.93. The van der Waals surface area contributed by atoms with Gasteiger partial charge in [-0.3, -0.25) is 9.59 Å². The molecule has 28 heavy (non-hydrogen) atoms. The Hall–Kier alpha value is -2.14. The monoisotopic (exact) mass is 394 g/mol. The summed E-state index contributed by atoms with van der Waals surface area (Å²) in [7, 11) is 0. The van der Waals surface area contributed by atoms with Crippen molar-refractivity contribution in [3.8, 4) is 0 Å². The number of thiophene rings is 1. The zero-order chi connectivity index (χ0) is 19.1. The van der Waals surface area contributed by atoms with Crippen LogP contribution in [0.1, 0.15) is 64.1 Å². The van der Waals surface area contributed by atoms with Gasteiger partial charge in [0.05, 0.1) is 4.88 Å². The molecule has 4 nitrogen and oxygen atoms in total. The van der Waals surface area contributed by atoms with E-state index in [1.54, 1.807) is 0 Å². The number of benzene rings is 1. The van der Waals surface area contributed by atoms with Crippen LogP contribution in [-0.2, 0) is 6.42 Å². The standard InChI is InChI=1S/C23H26N2O2S/c26-22(24-12-3-6-16-5-1-2-7-19(16)24)18-9-10-20-17(15-18)11-13-25(20)23(27)21-8-4-14-28-21/h4,8-10,14-16,19H,1-3,5-7,11-13H2/t16-,19-/m1/s1. The Morgan fingerprint density at radius 1 is 0.964 bits per heavy atom. The van der Waals surface area contributed by atoms with Crippen LogP contribution >= 0.6 is 11.3 Å². The fourth-order valence-electron chi connectivity index (χ4n) is 5.32. The number of rotatable bonds is 2. The number of nitrogens with zero attached hydrogens (tertiary/aromatic N) is 2. The van der Waals surface area contributed by atoms with Crippen LogP contribution in [0.4, 0.5) is 5.69 Å². The molecule has 1 aromatic heterocycles. The normalized spacial score (nSPS) is 24.0. The van der Waals surface area contributed by atoms with Crippen LogP contribution in [0.5, 0.6) is 0 Å². The highest BCUT2D eigenvalue weighted by molar-refractivity contribution is 7.12. The summed E-state index contributed by atoms with van der Waals surface area (Å²) < 4.78 is 0. The molecular weight excluding hydrogens is 368 g/mol. The first-order valence-electron chi connectivity index (χ1n) is 10.5. The third-order valence-electron chi connectivity index (χ3n) is 6.70. The number of fused-ring (bicyclic) bond motifs is 2. The largest absolute Gasteiger partial charge is 0.335 e. The number of carbonyl (C=O) groups excluding carboxylic acids is 2. The molecule has 0 unspecified atom stereocenters. The highest BCUT2D eigenvalue weighted by atomic mass is 32.1. The number of hydrogen-bond donors (Lipinski definition) is 0. The third kappa shape index (κ3) is 3.06. The van der Waals surface area contributed by atoms with E-state index in [0.717, 1.165) is 47.5 Å². The lowest BCUT2D eigenvalue weighted by atomic mass is 9.78. The van der Waals surface area contributed by atoms with Crippen LogP contribution in [0.2, 0.25) is 0 Å². The Morgan fingerprint density at radius 3 is 2.68 bits per heavy atom. The van der Waals surface area contributed by atoms with Gasteiger partial charge in [-0.1, -0.05) is 18.9 Å². The minimum atomic E-state index is 0.0638. The van der Waals surface area contributed by atoms with Crippen LogP contribution in [-0.4, -0.2) is 35.8 Å². The molecule has 5 rings (SSSR count). The van der Waals surface area contributed by atoms with Crippen molar-refractivity contribution in [3.05, 3.63) is 51.7 Å². The second kappa shape index (κ2) is 7.36. The van der Waals surface area contributed by atoms with Gasteiger partial charge in [0.1, 0.15) is 0 Å². The minimum Gasteiger partial charge on any atom is -0.335 e. The van der Waals surface area contributed by atoms with Crippen LogP contribution in [0.3, 0.4) is 0 Å². The molecule has 0 N–H and O–H groups in total. The quantitative estimate of drug-likeness (QED) is 0.738. The number of piperidine rings is 1. The average molecular weight is 395 g/mol. The molecule has 1 saturated heterocycles. The molecule has 3 aliphatic rings. The van der Waals surface area contributed by atoms with Gasteiger partial charge in [-0.25, -0.2) is 0 Å². The maximum atomic E-state index is 13.3. The summed E-state index contributed by atoms with van der Waals surface area (Å²) in [6.45, 7) is 1.58. The van der Waals surface area contributed by atoms with Gasteiger partial charge in [-0.05, 0) is 73.2 Å². The van der Waals surface area contributed by atoms with Crippen LogP contribution in [0.25, 0.3) is 0 Å². The molecule has 1 saturated carbocycles. The van der Waals surface area contributed by atoms with Gasteiger partial charge in [-0.2, -0.15) is 0 Å². The molecule has 2 atom stereocenters. The number of carbonyl (C=O) groups is 2. The first kappa shape index (κ1) is 17.9. The van der Waals surface area contributed by atoms with Gasteiger partial charge in [0, 0.05) is 30.4 Å². The van der Waals surface area contributed by atoms with E-state index >= 15 is 0 Å². The van der Waals surface area contributed by atoms with Crippen molar-refractivity contribution >= 4 is 28.8 Å². The van der Waals surface area contributed by atoms with Crippen molar-refractivity contribution in [1.29, 1.82) is 0 Å². The predicted molar refractivity (Wildman–Crippen MR) is 112 cm³/mol. The van der Waals surface area contributed by atoms with Crippen LogP contribution in [0, 0.1) is 5.92 Å². The second-order valence-corrected chi connectivity index (χ2v) is 9.23. The van der Waals surface area contributed by atoms with E-state index in [-0.39, 0.29) is 11.8 Å². The SMILES string of the molecule is O=C(c1cccs1)N1CCc2cc(C(=O)N3CCC[C@H]4CCCC[C@H]43)ccc21. The number of amides is 2. The number of likely N-dealkylation sites (tertiary alicyclic amines) is 1. The summed E-state index contributed by atoms with van der Waals surface area (Å²) in [4.78, 5) is 30.8. The Labute approximate surface area is 170 Å². The zero-order valence-electron chi connectivity index (χ0n) is 16.1. The molecule has 0 radical (unpaired) electrons. The van der Waals surface area contributed by atoms with Crippen molar-refractivity contribution in [1.82, 2.24) is 4.90 Å². The lowest BCUT2D eigenvalue weighted by molar-refractivity contribution is 0.0390. The lowest BCUT2D eigenvalue weighted by Gasteiger charge is -2.44. The second-order valence-electron chi connectivity index (χ2n) is 8.28. The van der Waals surface area contributed by atoms with Gasteiger partial charge in [0.15, 0.2) is 0 Å². The van der Waals surface area contributed by atoms with Crippen LogP contribution in [0.15, 0.2) is 35.7 Å². The molecular formula is C23H26N2O2S. The number of hydrogen-bond acceptors (Lipinski definition) is 3. The molecule has 5 heteroatoms. The van der Waals surface area contributed by atoms with Crippen molar-refractivity contribution < 1.29 is 9.59 Å². The topological polar surface area (TPSA) is 40.6 Å². The Bertz CT molecular complexity index is 890. The molecule has 1 aliphatic carbocycles. The summed E-state index contributed by atoms with van der Waals surface area (Å²) in [5.41, 5.74) is 2.87. The molecule has 2 aliphatic heterocycles. The summed E-state index contributed by atoms with van der Waals surface area (Å²) in [6, 6.07) is 10.1. The third-order valence-corrected chi connectivity index (χ3v) is 7.56. The first-order chi connectivity index (χ1) is 13.7. The van der Waals surface area contributed by atoms with Gasteiger partial charge in [0.2, 0.25) is 0 Å². The van der Waals surface area contributed by atoms with E-state index < -0.39 is 0 Å². The van der Waals surface area contributed by atoms with E-state index in [1.165, 1.54) is 37.0 Å². The molecule has 1 aromatic carbocycles. The highest BCUT2D eigenvalue weighted by Gasteiger charge is 2.36. The fraction of sp³-hybridized carbons (Fsp3) is 0.478. The van der Waals surface area contributed by atoms with E-state index in [4.69, 9.17) is 0 Å². The van der Waals surface area contributed by atoms with Gasteiger partial charge in [-0.15, -0.1) is 11.3 Å². The number of anilines is 1. The van der Waals surface area contributed by atoms with Crippen molar-refractivity contribution in [2.75, 3.05) is 18.0 Å². The zero-order valence-corrected chi connectivity index (χ0v) is 16.9. The van der Waals surface area contributed by atoms with Gasteiger partial charge in [0.25, 0.3) is 11.8 Å². The molecule has 2 amide bonds. The Balaban J connectivity index is 1.38. The van der Waals surface area contributed by atoms with Gasteiger partial charge >= 0.3 is 0 Å². The van der Waals surface area contributed by atoms with E-state index in [2.05, 4.69) is 4.90 Å². The smallest absolute Gasteiger partial charge is 0.268 e. The van der Waals surface area contributed by atoms with Crippen molar-refractivity contribution in [2.24, 2.45) is 5.92 Å². The predicted octanol–water partition coefficient (Wildman–Crippen LogP) is 4.75. The Kier molecular flexibility index (Phi) is 4.71. The molecule has 146 valence electrons. The maximum Gasteiger partial charge on any atom is 0.268 e. The van der Waals surface area contributed by atoms with E-state index in [1.807, 2.05) is 40.6 Å². The van der Waals surface area contributed by atoms with Crippen molar-refractivity contribution in [2.45, 2.75) is 51.0 Å². The van der Waals surface area contributed by atoms with E-state index in [9.17, 15) is 9.59 Å².